The molecule has 1 aliphatic heterocycles. The Morgan fingerprint density at radius 2 is 1.94 bits per heavy atom. The predicted octanol–water partition coefficient (Wildman–Crippen LogP) is 3.82. The zero-order chi connectivity index (χ0) is 24.2. The molecular formula is C24H24ClN7O2S. The molecule has 1 aromatic carbocycles. The van der Waals surface area contributed by atoms with Gasteiger partial charge in [-0.2, -0.15) is 0 Å². The van der Waals surface area contributed by atoms with Gasteiger partial charge in [-0.15, -0.1) is 0 Å². The maximum atomic E-state index is 13.2. The lowest BCUT2D eigenvalue weighted by molar-refractivity contribution is 0.102. The molecule has 0 bridgehead atoms. The molecule has 180 valence electrons. The van der Waals surface area contributed by atoms with Gasteiger partial charge in [-0.3, -0.25) is 9.69 Å². The fourth-order valence-corrected chi connectivity index (χ4v) is 5.08. The number of para-hydroxylation sites is 1. The van der Waals surface area contributed by atoms with Gasteiger partial charge < -0.3 is 15.0 Å². The summed E-state index contributed by atoms with van der Waals surface area (Å²) < 4.78 is 5.17. The van der Waals surface area contributed by atoms with Crippen LogP contribution >= 0.6 is 22.9 Å². The molecular weight excluding hydrogens is 486 g/mol. The summed E-state index contributed by atoms with van der Waals surface area (Å²) in [5.41, 5.74) is 2.49. The third-order valence-electron chi connectivity index (χ3n) is 5.80. The molecule has 0 spiro atoms. The standard InChI is InChI=1S/C24H24ClN7O2S/c1-34-14-13-31-9-11-32(12-10-31)20-15-19(29-24(25)30-20)21(33)27-17-6-3-2-5-16(17)22-28-18-7-4-8-26-23(18)35-22/h2-8,15H,9-14H2,1H3,(H,27,33). The molecule has 0 atom stereocenters. The van der Waals surface area contributed by atoms with Gasteiger partial charge in [-0.05, 0) is 35.9 Å². The summed E-state index contributed by atoms with van der Waals surface area (Å²) >= 11 is 7.69. The van der Waals surface area contributed by atoms with Crippen LogP contribution in [0.15, 0.2) is 48.7 Å². The number of methoxy groups -OCH3 is 1. The van der Waals surface area contributed by atoms with E-state index in [1.54, 1.807) is 19.4 Å². The highest BCUT2D eigenvalue weighted by Gasteiger charge is 2.21. The number of benzene rings is 1. The fraction of sp³-hybridized carbons (Fsp3) is 0.292. The number of amides is 1. The normalized spacial score (nSPS) is 14.4. The summed E-state index contributed by atoms with van der Waals surface area (Å²) in [4.78, 5) is 36.1. The Balaban J connectivity index is 1.34. The summed E-state index contributed by atoms with van der Waals surface area (Å²) in [7, 11) is 1.71. The van der Waals surface area contributed by atoms with Crippen LogP contribution in [0.3, 0.4) is 0 Å². The second kappa shape index (κ2) is 10.6. The van der Waals surface area contributed by atoms with E-state index in [0.29, 0.717) is 18.1 Å². The number of ether oxygens (including phenoxy) is 1. The highest BCUT2D eigenvalue weighted by atomic mass is 35.5. The summed E-state index contributed by atoms with van der Waals surface area (Å²) in [5.74, 6) is 0.285. The van der Waals surface area contributed by atoms with Crippen molar-refractivity contribution in [2.24, 2.45) is 0 Å². The van der Waals surface area contributed by atoms with Crippen LogP contribution in [0.25, 0.3) is 20.9 Å². The number of aromatic nitrogens is 4. The first-order valence-electron chi connectivity index (χ1n) is 11.2. The largest absolute Gasteiger partial charge is 0.383 e. The Bertz CT molecular complexity index is 1310. The van der Waals surface area contributed by atoms with E-state index in [1.165, 1.54) is 11.3 Å². The highest BCUT2D eigenvalue weighted by molar-refractivity contribution is 7.21. The Morgan fingerprint density at radius 3 is 2.74 bits per heavy atom. The number of halogens is 1. The maximum absolute atomic E-state index is 13.2. The van der Waals surface area contributed by atoms with Crippen LogP contribution in [0.5, 0.6) is 0 Å². The topological polar surface area (TPSA) is 96.4 Å². The first-order valence-corrected chi connectivity index (χ1v) is 12.4. The molecule has 0 saturated carbocycles. The molecule has 4 aromatic rings. The summed E-state index contributed by atoms with van der Waals surface area (Å²) in [5, 5.41) is 3.80. The van der Waals surface area contributed by atoms with Crippen LogP contribution in [-0.2, 0) is 4.74 Å². The first kappa shape index (κ1) is 23.6. The average molecular weight is 510 g/mol. The molecule has 0 radical (unpaired) electrons. The van der Waals surface area contributed by atoms with E-state index >= 15 is 0 Å². The van der Waals surface area contributed by atoms with Crippen LogP contribution in [-0.4, -0.2) is 77.2 Å². The molecule has 1 saturated heterocycles. The van der Waals surface area contributed by atoms with E-state index in [-0.39, 0.29) is 16.9 Å². The minimum atomic E-state index is -0.360. The number of pyridine rings is 1. The Kier molecular flexibility index (Phi) is 7.14. The predicted molar refractivity (Wildman–Crippen MR) is 138 cm³/mol. The maximum Gasteiger partial charge on any atom is 0.274 e. The SMILES string of the molecule is COCCN1CCN(c2cc(C(=O)Nc3ccccc3-c3nc4cccnc4s3)nc(Cl)n2)CC1. The number of thiazole rings is 1. The van der Waals surface area contributed by atoms with Gasteiger partial charge >= 0.3 is 0 Å². The number of piperazine rings is 1. The van der Waals surface area contributed by atoms with Gasteiger partial charge in [0.25, 0.3) is 5.91 Å². The van der Waals surface area contributed by atoms with Crippen molar-refractivity contribution >= 4 is 50.7 Å². The lowest BCUT2D eigenvalue weighted by Crippen LogP contribution is -2.47. The van der Waals surface area contributed by atoms with Crippen molar-refractivity contribution in [3.05, 3.63) is 59.6 Å². The van der Waals surface area contributed by atoms with Crippen molar-refractivity contribution < 1.29 is 9.53 Å². The molecule has 1 fully saturated rings. The minimum Gasteiger partial charge on any atom is -0.383 e. The number of nitrogens with one attached hydrogen (secondary N) is 1. The number of carbonyl (C=O) groups is 1. The summed E-state index contributed by atoms with van der Waals surface area (Å²) in [6.07, 6.45) is 1.74. The van der Waals surface area contributed by atoms with Gasteiger partial charge in [0.2, 0.25) is 5.28 Å². The number of carbonyl (C=O) groups excluding carboxylic acids is 1. The van der Waals surface area contributed by atoms with E-state index in [0.717, 1.165) is 53.6 Å². The van der Waals surface area contributed by atoms with Crippen LogP contribution in [0.1, 0.15) is 10.5 Å². The number of hydrogen-bond donors (Lipinski definition) is 1. The molecule has 0 unspecified atom stereocenters. The summed E-state index contributed by atoms with van der Waals surface area (Å²) in [6.45, 7) is 4.94. The monoisotopic (exact) mass is 509 g/mol. The van der Waals surface area contributed by atoms with Crippen LogP contribution in [0.2, 0.25) is 5.28 Å². The first-order chi connectivity index (χ1) is 17.1. The van der Waals surface area contributed by atoms with Crippen LogP contribution in [0.4, 0.5) is 11.5 Å². The second-order valence-electron chi connectivity index (χ2n) is 8.05. The molecule has 4 heterocycles. The molecule has 35 heavy (non-hydrogen) atoms. The lowest BCUT2D eigenvalue weighted by Gasteiger charge is -2.35. The van der Waals surface area contributed by atoms with Crippen LogP contribution in [0, 0.1) is 0 Å². The third kappa shape index (κ3) is 5.40. The van der Waals surface area contributed by atoms with Gasteiger partial charge in [-0.1, -0.05) is 23.5 Å². The molecule has 0 aliphatic carbocycles. The number of nitrogens with zero attached hydrogens (tertiary/aromatic N) is 6. The minimum absolute atomic E-state index is 0.0417. The van der Waals surface area contributed by atoms with Crippen molar-refractivity contribution in [1.29, 1.82) is 0 Å². The Labute approximate surface area is 211 Å². The highest BCUT2D eigenvalue weighted by Crippen LogP contribution is 2.33. The quantitative estimate of drug-likeness (QED) is 0.375. The number of hydrogen-bond acceptors (Lipinski definition) is 9. The molecule has 1 amide bonds. The molecule has 1 aliphatic rings. The Hall–Kier alpha value is -3.18. The molecule has 3 aromatic heterocycles. The summed E-state index contributed by atoms with van der Waals surface area (Å²) in [6, 6.07) is 13.0. The zero-order valence-corrected chi connectivity index (χ0v) is 20.7. The van der Waals surface area contributed by atoms with E-state index in [4.69, 9.17) is 16.3 Å². The van der Waals surface area contributed by atoms with Gasteiger partial charge in [-0.25, -0.2) is 19.9 Å². The van der Waals surface area contributed by atoms with Gasteiger partial charge in [0.05, 0.1) is 12.3 Å². The number of rotatable bonds is 7. The molecule has 11 heteroatoms. The lowest BCUT2D eigenvalue weighted by atomic mass is 10.2. The van der Waals surface area contributed by atoms with Crippen molar-refractivity contribution in [3.8, 4) is 10.6 Å². The second-order valence-corrected chi connectivity index (χ2v) is 9.36. The van der Waals surface area contributed by atoms with Crippen molar-refractivity contribution in [2.45, 2.75) is 0 Å². The van der Waals surface area contributed by atoms with Crippen LogP contribution < -0.4 is 10.2 Å². The van der Waals surface area contributed by atoms with E-state index < -0.39 is 0 Å². The van der Waals surface area contributed by atoms with Crippen molar-refractivity contribution in [1.82, 2.24) is 24.8 Å². The number of fused-ring (bicyclic) bond motifs is 1. The third-order valence-corrected chi connectivity index (χ3v) is 6.98. The van der Waals surface area contributed by atoms with Crippen molar-refractivity contribution in [2.75, 3.05) is 56.7 Å². The van der Waals surface area contributed by atoms with Gasteiger partial charge in [0, 0.05) is 57.7 Å². The van der Waals surface area contributed by atoms with E-state index in [9.17, 15) is 4.79 Å². The number of anilines is 2. The van der Waals surface area contributed by atoms with E-state index in [1.807, 2.05) is 36.4 Å². The zero-order valence-electron chi connectivity index (χ0n) is 19.1. The Morgan fingerprint density at radius 1 is 1.11 bits per heavy atom. The molecule has 9 nitrogen and oxygen atoms in total. The van der Waals surface area contributed by atoms with Gasteiger partial charge in [0.1, 0.15) is 26.9 Å². The molecule has 1 N–H and O–H groups in total. The smallest absolute Gasteiger partial charge is 0.274 e. The van der Waals surface area contributed by atoms with E-state index in [2.05, 4.69) is 35.1 Å². The average Bonchev–Trinajstić information content (AvgIpc) is 3.32. The van der Waals surface area contributed by atoms with Crippen molar-refractivity contribution in [3.63, 3.8) is 0 Å². The fourth-order valence-electron chi connectivity index (χ4n) is 3.96. The van der Waals surface area contributed by atoms with Gasteiger partial charge in [0.15, 0.2) is 0 Å². The molecule has 5 rings (SSSR count).